The first kappa shape index (κ1) is 16.0. The number of hydrogen-bond acceptors (Lipinski definition) is 2. The number of para-hydroxylation sites is 1. The Hall–Kier alpha value is -1.09. The van der Waals surface area contributed by atoms with Crippen molar-refractivity contribution >= 4 is 5.69 Å². The summed E-state index contributed by atoms with van der Waals surface area (Å²) in [6.07, 6.45) is 1.88. The Morgan fingerprint density at radius 3 is 2.05 bits per heavy atom. The molecule has 0 spiro atoms. The molecule has 19 heavy (non-hydrogen) atoms. The third-order valence-electron chi connectivity index (χ3n) is 3.26. The smallest absolute Gasteiger partial charge is 0.146 e. The van der Waals surface area contributed by atoms with Crippen molar-refractivity contribution in [2.45, 2.75) is 46.1 Å². The van der Waals surface area contributed by atoms with Crippen LogP contribution in [-0.2, 0) is 0 Å². The fourth-order valence-corrected chi connectivity index (χ4v) is 2.81. The fraction of sp³-hybridized carbons (Fsp3) is 0.625. The SMILES string of the molecule is CC(C)CC(CN)(CC(C)C)Nc1ccccc1F. The van der Waals surface area contributed by atoms with Crippen molar-refractivity contribution in [2.24, 2.45) is 17.6 Å². The summed E-state index contributed by atoms with van der Waals surface area (Å²) < 4.78 is 13.8. The van der Waals surface area contributed by atoms with E-state index in [1.54, 1.807) is 12.1 Å². The number of nitrogens with one attached hydrogen (secondary N) is 1. The number of benzene rings is 1. The van der Waals surface area contributed by atoms with E-state index in [4.69, 9.17) is 5.73 Å². The number of hydrogen-bond donors (Lipinski definition) is 2. The maximum Gasteiger partial charge on any atom is 0.146 e. The van der Waals surface area contributed by atoms with Crippen LogP contribution >= 0.6 is 0 Å². The van der Waals surface area contributed by atoms with Crippen LogP contribution in [0.15, 0.2) is 24.3 Å². The Morgan fingerprint density at radius 2 is 1.63 bits per heavy atom. The molecule has 1 aromatic rings. The van der Waals surface area contributed by atoms with Crippen LogP contribution in [0, 0.1) is 17.7 Å². The number of anilines is 1. The van der Waals surface area contributed by atoms with Crippen molar-refractivity contribution < 1.29 is 4.39 Å². The highest BCUT2D eigenvalue weighted by molar-refractivity contribution is 5.47. The highest BCUT2D eigenvalue weighted by Crippen LogP contribution is 2.29. The summed E-state index contributed by atoms with van der Waals surface area (Å²) in [6, 6.07) is 6.81. The quantitative estimate of drug-likeness (QED) is 0.782. The largest absolute Gasteiger partial charge is 0.376 e. The van der Waals surface area contributed by atoms with E-state index < -0.39 is 0 Å². The lowest BCUT2D eigenvalue weighted by atomic mass is 9.81. The molecule has 0 bridgehead atoms. The van der Waals surface area contributed by atoms with Gasteiger partial charge in [0.1, 0.15) is 5.82 Å². The van der Waals surface area contributed by atoms with Gasteiger partial charge in [0.05, 0.1) is 11.2 Å². The first-order valence-electron chi connectivity index (χ1n) is 7.11. The van der Waals surface area contributed by atoms with Crippen LogP contribution in [-0.4, -0.2) is 12.1 Å². The van der Waals surface area contributed by atoms with Gasteiger partial charge in [0.15, 0.2) is 0 Å². The number of halogens is 1. The molecule has 0 saturated heterocycles. The molecule has 0 amide bonds. The van der Waals surface area contributed by atoms with Gasteiger partial charge in [-0.25, -0.2) is 4.39 Å². The summed E-state index contributed by atoms with van der Waals surface area (Å²) >= 11 is 0. The standard InChI is InChI=1S/C16H27FN2/c1-12(2)9-16(11-18,10-13(3)4)19-15-8-6-5-7-14(15)17/h5-8,12-13,19H,9-11,18H2,1-4H3. The highest BCUT2D eigenvalue weighted by atomic mass is 19.1. The van der Waals surface area contributed by atoms with Crippen LogP contribution in [0.25, 0.3) is 0 Å². The van der Waals surface area contributed by atoms with Gasteiger partial charge >= 0.3 is 0 Å². The minimum atomic E-state index is -0.232. The van der Waals surface area contributed by atoms with E-state index in [1.165, 1.54) is 6.07 Å². The maximum atomic E-state index is 13.8. The van der Waals surface area contributed by atoms with Crippen LogP contribution < -0.4 is 11.1 Å². The van der Waals surface area contributed by atoms with Crippen molar-refractivity contribution in [3.05, 3.63) is 30.1 Å². The van der Waals surface area contributed by atoms with Crippen molar-refractivity contribution in [3.63, 3.8) is 0 Å². The Kier molecular flexibility index (Phi) is 5.80. The second-order valence-corrected chi connectivity index (χ2v) is 6.29. The summed E-state index contributed by atoms with van der Waals surface area (Å²) in [5.41, 5.74) is 6.34. The monoisotopic (exact) mass is 266 g/mol. The summed E-state index contributed by atoms with van der Waals surface area (Å²) in [4.78, 5) is 0. The molecule has 3 heteroatoms. The van der Waals surface area contributed by atoms with Gasteiger partial charge in [-0.05, 0) is 36.8 Å². The molecule has 0 fully saturated rings. The van der Waals surface area contributed by atoms with Crippen LogP contribution in [0.4, 0.5) is 10.1 Å². The molecule has 0 atom stereocenters. The van der Waals surface area contributed by atoms with E-state index in [2.05, 4.69) is 33.0 Å². The zero-order chi connectivity index (χ0) is 14.5. The second kappa shape index (κ2) is 6.90. The number of nitrogens with two attached hydrogens (primary N) is 1. The average molecular weight is 266 g/mol. The normalized spacial score (nSPS) is 12.2. The van der Waals surface area contributed by atoms with Gasteiger partial charge in [0, 0.05) is 6.54 Å². The zero-order valence-electron chi connectivity index (χ0n) is 12.5. The zero-order valence-corrected chi connectivity index (χ0v) is 12.5. The Labute approximate surface area is 116 Å². The second-order valence-electron chi connectivity index (χ2n) is 6.29. The molecule has 3 N–H and O–H groups in total. The predicted octanol–water partition coefficient (Wildman–Crippen LogP) is 4.03. The molecule has 0 aromatic heterocycles. The van der Waals surface area contributed by atoms with Gasteiger partial charge in [0.25, 0.3) is 0 Å². The fourth-order valence-electron chi connectivity index (χ4n) is 2.81. The van der Waals surface area contributed by atoms with Crippen LogP contribution in [0.1, 0.15) is 40.5 Å². The Morgan fingerprint density at radius 1 is 1.11 bits per heavy atom. The minimum absolute atomic E-state index is 0.215. The van der Waals surface area contributed by atoms with Crippen molar-refractivity contribution in [3.8, 4) is 0 Å². The van der Waals surface area contributed by atoms with Gasteiger partial charge in [0.2, 0.25) is 0 Å². The molecule has 0 unspecified atom stereocenters. The first-order chi connectivity index (χ1) is 8.88. The van der Waals surface area contributed by atoms with Gasteiger partial charge < -0.3 is 11.1 Å². The third kappa shape index (κ3) is 4.83. The molecule has 1 rings (SSSR count). The minimum Gasteiger partial charge on any atom is -0.376 e. The molecule has 1 aromatic carbocycles. The molecule has 0 aliphatic rings. The third-order valence-corrected chi connectivity index (χ3v) is 3.26. The van der Waals surface area contributed by atoms with E-state index >= 15 is 0 Å². The Balaban J connectivity index is 2.98. The molecular weight excluding hydrogens is 239 g/mol. The molecule has 0 heterocycles. The molecule has 0 aliphatic heterocycles. The van der Waals surface area contributed by atoms with E-state index in [-0.39, 0.29) is 11.4 Å². The van der Waals surface area contributed by atoms with Gasteiger partial charge in [-0.1, -0.05) is 39.8 Å². The van der Waals surface area contributed by atoms with Crippen LogP contribution in [0.5, 0.6) is 0 Å². The molecule has 0 aliphatic carbocycles. The lowest BCUT2D eigenvalue weighted by Crippen LogP contribution is -2.47. The molecule has 0 radical (unpaired) electrons. The lowest BCUT2D eigenvalue weighted by Gasteiger charge is -2.38. The Bertz CT molecular complexity index is 378. The van der Waals surface area contributed by atoms with Gasteiger partial charge in [-0.3, -0.25) is 0 Å². The average Bonchev–Trinajstić information content (AvgIpc) is 2.30. The van der Waals surface area contributed by atoms with Crippen molar-refractivity contribution in [1.82, 2.24) is 0 Å². The molecule has 108 valence electrons. The van der Waals surface area contributed by atoms with Crippen LogP contribution in [0.2, 0.25) is 0 Å². The van der Waals surface area contributed by atoms with Gasteiger partial charge in [-0.15, -0.1) is 0 Å². The highest BCUT2D eigenvalue weighted by Gasteiger charge is 2.31. The van der Waals surface area contributed by atoms with Crippen LogP contribution in [0.3, 0.4) is 0 Å². The summed E-state index contributed by atoms with van der Waals surface area (Å²) in [5, 5.41) is 3.37. The number of rotatable bonds is 7. The topological polar surface area (TPSA) is 38.0 Å². The van der Waals surface area contributed by atoms with Crippen molar-refractivity contribution in [2.75, 3.05) is 11.9 Å². The van der Waals surface area contributed by atoms with E-state index in [0.717, 1.165) is 12.8 Å². The molecular formula is C16H27FN2. The summed E-state index contributed by atoms with van der Waals surface area (Å²) in [6.45, 7) is 9.21. The van der Waals surface area contributed by atoms with E-state index in [1.807, 2.05) is 6.07 Å². The predicted molar refractivity (Wildman–Crippen MR) is 80.7 cm³/mol. The molecule has 0 saturated carbocycles. The summed E-state index contributed by atoms with van der Waals surface area (Å²) in [7, 11) is 0. The maximum absolute atomic E-state index is 13.8. The molecule has 2 nitrogen and oxygen atoms in total. The van der Waals surface area contributed by atoms with E-state index in [0.29, 0.717) is 24.1 Å². The summed E-state index contributed by atoms with van der Waals surface area (Å²) in [5.74, 6) is 0.816. The first-order valence-corrected chi connectivity index (χ1v) is 7.11. The van der Waals surface area contributed by atoms with E-state index in [9.17, 15) is 4.39 Å². The van der Waals surface area contributed by atoms with Crippen molar-refractivity contribution in [1.29, 1.82) is 0 Å². The lowest BCUT2D eigenvalue weighted by molar-refractivity contribution is 0.316. The van der Waals surface area contributed by atoms with Gasteiger partial charge in [-0.2, -0.15) is 0 Å².